The molecule has 0 aromatic rings. The van der Waals surface area contributed by atoms with Crippen molar-refractivity contribution in [3.63, 3.8) is 0 Å². The highest BCUT2D eigenvalue weighted by Crippen LogP contribution is 1.83. The number of ether oxygens (including phenoxy) is 1. The maximum absolute atomic E-state index is 8.42. The minimum absolute atomic E-state index is 0.115. The molecule has 0 saturated heterocycles. The van der Waals surface area contributed by atoms with Crippen molar-refractivity contribution < 1.29 is 14.9 Å². The molecule has 0 bridgehead atoms. The van der Waals surface area contributed by atoms with Crippen molar-refractivity contribution >= 4 is 0 Å². The van der Waals surface area contributed by atoms with E-state index in [0.717, 1.165) is 0 Å². The fraction of sp³-hybridized carbons (Fsp3) is 0.600. The third-order valence-corrected chi connectivity index (χ3v) is 1.15. The Hall–Kier alpha value is -0.640. The van der Waals surface area contributed by atoms with Crippen LogP contribution in [0.25, 0.3) is 0 Å². The van der Waals surface area contributed by atoms with E-state index in [2.05, 4.69) is 13.2 Å². The second-order valence-electron chi connectivity index (χ2n) is 2.36. The van der Waals surface area contributed by atoms with Gasteiger partial charge in [0.25, 0.3) is 0 Å². The van der Waals surface area contributed by atoms with Gasteiger partial charge in [0, 0.05) is 0 Å². The second-order valence-corrected chi connectivity index (χ2v) is 2.36. The minimum Gasteiger partial charge on any atom is -0.394 e. The van der Waals surface area contributed by atoms with E-state index in [-0.39, 0.29) is 6.61 Å². The molecule has 0 saturated carbocycles. The summed E-state index contributed by atoms with van der Waals surface area (Å²) in [6, 6.07) is 0. The Balaban J connectivity index is 0. The number of aliphatic hydroxyl groups excluding tert-OH is 2. The van der Waals surface area contributed by atoms with Gasteiger partial charge in [-0.15, -0.1) is 13.2 Å². The summed E-state index contributed by atoms with van der Waals surface area (Å²) in [6.45, 7) is 9.89. The van der Waals surface area contributed by atoms with Gasteiger partial charge in [-0.05, 0) is 6.42 Å². The van der Waals surface area contributed by atoms with Gasteiger partial charge < -0.3 is 14.9 Å². The topological polar surface area (TPSA) is 49.7 Å². The normalized spacial score (nSPS) is 11.0. The summed E-state index contributed by atoms with van der Waals surface area (Å²) in [6.07, 6.45) is 3.55. The summed E-state index contributed by atoms with van der Waals surface area (Å²) in [5.74, 6) is 0. The van der Waals surface area contributed by atoms with Crippen LogP contribution in [-0.2, 0) is 4.74 Å². The van der Waals surface area contributed by atoms with Crippen LogP contribution in [0.5, 0.6) is 0 Å². The largest absolute Gasteiger partial charge is 0.394 e. The third kappa shape index (κ3) is 18.4. The molecule has 0 heterocycles. The van der Waals surface area contributed by atoms with Crippen molar-refractivity contribution in [3.05, 3.63) is 25.3 Å². The van der Waals surface area contributed by atoms with E-state index in [4.69, 9.17) is 14.9 Å². The summed E-state index contributed by atoms with van der Waals surface area (Å²) < 4.78 is 4.90. The molecule has 3 nitrogen and oxygen atoms in total. The van der Waals surface area contributed by atoms with Gasteiger partial charge in [0.05, 0.1) is 25.9 Å². The Morgan fingerprint density at radius 1 is 1.31 bits per heavy atom. The predicted molar refractivity (Wildman–Crippen MR) is 54.6 cm³/mol. The molecule has 0 aromatic carbocycles. The van der Waals surface area contributed by atoms with Gasteiger partial charge in [-0.3, -0.25) is 0 Å². The smallest absolute Gasteiger partial charge is 0.0768 e. The fourth-order valence-electron chi connectivity index (χ4n) is 0.364. The number of aliphatic hydroxyl groups is 2. The lowest BCUT2D eigenvalue weighted by atomic mass is 10.3. The summed E-state index contributed by atoms with van der Waals surface area (Å²) in [5.41, 5.74) is 0. The fourth-order valence-corrected chi connectivity index (χ4v) is 0.364. The molecule has 0 amide bonds. The van der Waals surface area contributed by atoms with Gasteiger partial charge in [-0.1, -0.05) is 19.1 Å². The maximum Gasteiger partial charge on any atom is 0.0768 e. The Bertz CT molecular complexity index is 101. The average Bonchev–Trinajstić information content (AvgIpc) is 2.18. The average molecular weight is 188 g/mol. The molecule has 2 N–H and O–H groups in total. The van der Waals surface area contributed by atoms with Crippen LogP contribution in [0.4, 0.5) is 0 Å². The predicted octanol–water partition coefficient (Wildman–Crippen LogP) is 1.12. The van der Waals surface area contributed by atoms with E-state index in [1.165, 1.54) is 0 Å². The Morgan fingerprint density at radius 3 is 1.92 bits per heavy atom. The standard InChI is InChI=1S/C6H10O.C4H10O2/c1-3-5-7-6-4-2;1-2-4(6)3-5/h3-4H,1-2,5-6H2;4-6H,2-3H2,1H3. The van der Waals surface area contributed by atoms with Crippen LogP contribution in [-0.4, -0.2) is 36.1 Å². The number of hydrogen-bond acceptors (Lipinski definition) is 3. The van der Waals surface area contributed by atoms with Gasteiger partial charge in [0.15, 0.2) is 0 Å². The Kier molecular flexibility index (Phi) is 15.9. The second kappa shape index (κ2) is 13.9. The molecular formula is C10H20O3. The van der Waals surface area contributed by atoms with Crippen molar-refractivity contribution in [2.24, 2.45) is 0 Å². The zero-order chi connectivity index (χ0) is 10.5. The summed E-state index contributed by atoms with van der Waals surface area (Å²) in [7, 11) is 0. The number of rotatable bonds is 6. The first-order valence-electron chi connectivity index (χ1n) is 4.31. The molecule has 1 unspecified atom stereocenters. The first kappa shape index (κ1) is 14.9. The van der Waals surface area contributed by atoms with E-state index in [1.807, 2.05) is 6.92 Å². The molecule has 78 valence electrons. The van der Waals surface area contributed by atoms with Crippen molar-refractivity contribution in [2.45, 2.75) is 19.4 Å². The molecule has 3 heteroatoms. The first-order valence-corrected chi connectivity index (χ1v) is 4.31. The van der Waals surface area contributed by atoms with Crippen molar-refractivity contribution in [1.29, 1.82) is 0 Å². The van der Waals surface area contributed by atoms with Crippen LogP contribution >= 0.6 is 0 Å². The molecule has 0 aliphatic rings. The summed E-state index contributed by atoms with van der Waals surface area (Å²) >= 11 is 0. The molecule has 0 aliphatic heterocycles. The summed E-state index contributed by atoms with van der Waals surface area (Å²) in [4.78, 5) is 0. The van der Waals surface area contributed by atoms with Crippen LogP contribution in [0.15, 0.2) is 25.3 Å². The van der Waals surface area contributed by atoms with E-state index >= 15 is 0 Å². The molecular weight excluding hydrogens is 168 g/mol. The number of hydrogen-bond donors (Lipinski definition) is 2. The van der Waals surface area contributed by atoms with Crippen LogP contribution in [0.1, 0.15) is 13.3 Å². The Labute approximate surface area is 80.4 Å². The molecule has 0 fully saturated rings. The lowest BCUT2D eigenvalue weighted by Gasteiger charge is -1.97. The highest BCUT2D eigenvalue weighted by atomic mass is 16.5. The lowest BCUT2D eigenvalue weighted by molar-refractivity contribution is 0.0923. The van der Waals surface area contributed by atoms with Gasteiger partial charge in [0.1, 0.15) is 0 Å². The highest BCUT2D eigenvalue weighted by Gasteiger charge is 1.92. The van der Waals surface area contributed by atoms with Crippen LogP contribution < -0.4 is 0 Å². The third-order valence-electron chi connectivity index (χ3n) is 1.15. The van der Waals surface area contributed by atoms with E-state index in [0.29, 0.717) is 19.6 Å². The van der Waals surface area contributed by atoms with Gasteiger partial charge in [0.2, 0.25) is 0 Å². The quantitative estimate of drug-likeness (QED) is 0.485. The minimum atomic E-state index is -0.509. The monoisotopic (exact) mass is 188 g/mol. The van der Waals surface area contributed by atoms with Crippen molar-refractivity contribution in [2.75, 3.05) is 19.8 Å². The maximum atomic E-state index is 8.42. The van der Waals surface area contributed by atoms with Crippen LogP contribution in [0.3, 0.4) is 0 Å². The SMILES string of the molecule is C=CCOCC=C.CCC(O)CO. The van der Waals surface area contributed by atoms with Gasteiger partial charge in [-0.2, -0.15) is 0 Å². The van der Waals surface area contributed by atoms with E-state index in [1.54, 1.807) is 12.2 Å². The molecule has 0 spiro atoms. The van der Waals surface area contributed by atoms with Crippen molar-refractivity contribution in [1.82, 2.24) is 0 Å². The lowest BCUT2D eigenvalue weighted by Crippen LogP contribution is -2.08. The van der Waals surface area contributed by atoms with Gasteiger partial charge >= 0.3 is 0 Å². The molecule has 0 aliphatic carbocycles. The zero-order valence-electron chi connectivity index (χ0n) is 8.28. The van der Waals surface area contributed by atoms with Gasteiger partial charge in [-0.25, -0.2) is 0 Å². The van der Waals surface area contributed by atoms with E-state index < -0.39 is 6.10 Å². The van der Waals surface area contributed by atoms with E-state index in [9.17, 15) is 0 Å². The molecule has 0 radical (unpaired) electrons. The van der Waals surface area contributed by atoms with Crippen molar-refractivity contribution in [3.8, 4) is 0 Å². The highest BCUT2D eigenvalue weighted by molar-refractivity contribution is 4.68. The Morgan fingerprint density at radius 2 is 1.77 bits per heavy atom. The summed E-state index contributed by atoms with van der Waals surface area (Å²) in [5, 5.41) is 16.5. The molecule has 0 rings (SSSR count). The molecule has 1 atom stereocenters. The zero-order valence-corrected chi connectivity index (χ0v) is 8.28. The molecule has 13 heavy (non-hydrogen) atoms. The van der Waals surface area contributed by atoms with Crippen LogP contribution in [0.2, 0.25) is 0 Å². The first-order chi connectivity index (χ1) is 6.22. The van der Waals surface area contributed by atoms with Crippen LogP contribution in [0, 0.1) is 0 Å². The molecule has 0 aromatic heterocycles.